The molecular weight excluding hydrogens is 466 g/mol. The van der Waals surface area contributed by atoms with Crippen LogP contribution in [-0.2, 0) is 19.6 Å². The Labute approximate surface area is 196 Å². The molecule has 0 radical (unpaired) electrons. The third kappa shape index (κ3) is 4.92. The summed E-state index contributed by atoms with van der Waals surface area (Å²) >= 11 is 6.33. The van der Waals surface area contributed by atoms with Gasteiger partial charge in [0.05, 0.1) is 12.1 Å². The highest BCUT2D eigenvalue weighted by atomic mass is 35.5. The van der Waals surface area contributed by atoms with E-state index in [1.54, 1.807) is 36.4 Å². The molecule has 0 saturated heterocycles. The SMILES string of the molecule is COc1cc(C=C2N=C(c3ccccc3)OC2=O)cc(Cl)c1OS(=O)(=O)c1ccc(C)cc1. The first kappa shape index (κ1) is 22.6. The smallest absolute Gasteiger partial charge is 0.363 e. The molecule has 0 bridgehead atoms. The van der Waals surface area contributed by atoms with Crippen molar-refractivity contribution >= 4 is 39.7 Å². The van der Waals surface area contributed by atoms with E-state index in [0.29, 0.717) is 11.1 Å². The number of hydrogen-bond acceptors (Lipinski definition) is 7. The van der Waals surface area contributed by atoms with Crippen LogP contribution in [0.5, 0.6) is 11.5 Å². The van der Waals surface area contributed by atoms with E-state index >= 15 is 0 Å². The maximum absolute atomic E-state index is 12.7. The Hall–Kier alpha value is -3.62. The lowest BCUT2D eigenvalue weighted by Gasteiger charge is -2.13. The van der Waals surface area contributed by atoms with Gasteiger partial charge in [0.15, 0.2) is 11.4 Å². The molecule has 0 amide bonds. The summed E-state index contributed by atoms with van der Waals surface area (Å²) in [5, 5.41) is -0.0180. The van der Waals surface area contributed by atoms with Gasteiger partial charge in [0.1, 0.15) is 4.90 Å². The minimum Gasteiger partial charge on any atom is -0.493 e. The van der Waals surface area contributed by atoms with Gasteiger partial charge in [-0.1, -0.05) is 47.5 Å². The Kier molecular flexibility index (Phi) is 6.22. The van der Waals surface area contributed by atoms with Crippen LogP contribution in [-0.4, -0.2) is 27.4 Å². The number of carbonyl (C=O) groups excluding carboxylic acids is 1. The van der Waals surface area contributed by atoms with Crippen LogP contribution in [0.25, 0.3) is 6.08 Å². The molecule has 3 aromatic rings. The maximum atomic E-state index is 12.7. The van der Waals surface area contributed by atoms with Crippen LogP contribution in [0, 0.1) is 6.92 Å². The van der Waals surface area contributed by atoms with Gasteiger partial charge in [-0.15, -0.1) is 0 Å². The lowest BCUT2D eigenvalue weighted by atomic mass is 10.1. The van der Waals surface area contributed by atoms with Crippen molar-refractivity contribution in [1.29, 1.82) is 0 Å². The number of halogens is 1. The molecule has 1 aliphatic heterocycles. The molecule has 168 valence electrons. The van der Waals surface area contributed by atoms with Gasteiger partial charge >= 0.3 is 16.1 Å². The van der Waals surface area contributed by atoms with Crippen molar-refractivity contribution in [3.63, 3.8) is 0 Å². The van der Waals surface area contributed by atoms with Gasteiger partial charge < -0.3 is 13.7 Å². The molecule has 4 rings (SSSR count). The van der Waals surface area contributed by atoms with E-state index in [2.05, 4.69) is 4.99 Å². The Balaban J connectivity index is 1.66. The molecule has 1 heterocycles. The summed E-state index contributed by atoms with van der Waals surface area (Å²) < 4.78 is 41.2. The first-order valence-electron chi connectivity index (χ1n) is 9.73. The Morgan fingerprint density at radius 3 is 2.39 bits per heavy atom. The van der Waals surface area contributed by atoms with Gasteiger partial charge in [0.25, 0.3) is 0 Å². The van der Waals surface area contributed by atoms with Gasteiger partial charge in [-0.3, -0.25) is 0 Å². The zero-order valence-electron chi connectivity index (χ0n) is 17.6. The standard InChI is InChI=1S/C24H18ClNO6S/c1-15-8-10-18(11-9-15)33(28,29)32-22-19(25)12-16(14-21(22)30-2)13-20-24(27)31-23(26-20)17-6-4-3-5-7-17/h3-14H,1-2H3. The topological polar surface area (TPSA) is 91.3 Å². The number of benzene rings is 3. The van der Waals surface area contributed by atoms with Crippen molar-refractivity contribution in [1.82, 2.24) is 0 Å². The van der Waals surface area contributed by atoms with Gasteiger partial charge in [-0.05, 0) is 55.0 Å². The fraction of sp³-hybridized carbons (Fsp3) is 0.0833. The van der Waals surface area contributed by atoms with Crippen molar-refractivity contribution in [2.45, 2.75) is 11.8 Å². The number of carbonyl (C=O) groups is 1. The van der Waals surface area contributed by atoms with E-state index in [-0.39, 0.29) is 33.0 Å². The Morgan fingerprint density at radius 1 is 1.03 bits per heavy atom. The first-order valence-corrected chi connectivity index (χ1v) is 11.5. The van der Waals surface area contributed by atoms with Gasteiger partial charge in [0.2, 0.25) is 11.6 Å². The number of esters is 1. The van der Waals surface area contributed by atoms with Crippen molar-refractivity contribution < 1.29 is 26.9 Å². The second-order valence-corrected chi connectivity index (χ2v) is 9.04. The van der Waals surface area contributed by atoms with E-state index in [4.69, 9.17) is 25.3 Å². The molecule has 1 aliphatic rings. The van der Waals surface area contributed by atoms with Crippen LogP contribution >= 0.6 is 11.6 Å². The molecule has 0 saturated carbocycles. The summed E-state index contributed by atoms with van der Waals surface area (Å²) in [7, 11) is -2.79. The third-order valence-electron chi connectivity index (χ3n) is 4.70. The molecule has 0 aromatic heterocycles. The lowest BCUT2D eigenvalue weighted by molar-refractivity contribution is -0.129. The van der Waals surface area contributed by atoms with Crippen molar-refractivity contribution in [3.8, 4) is 11.5 Å². The second kappa shape index (κ2) is 9.09. The van der Waals surface area contributed by atoms with Crippen LogP contribution in [0.2, 0.25) is 5.02 Å². The number of aryl methyl sites for hydroxylation is 1. The van der Waals surface area contributed by atoms with Crippen LogP contribution in [0.15, 0.2) is 82.3 Å². The van der Waals surface area contributed by atoms with Crippen molar-refractivity contribution in [3.05, 3.63) is 94.1 Å². The molecule has 9 heteroatoms. The molecule has 3 aromatic carbocycles. The number of nitrogens with zero attached hydrogens (tertiary/aromatic N) is 1. The summed E-state index contributed by atoms with van der Waals surface area (Å²) in [6.07, 6.45) is 1.46. The van der Waals surface area contributed by atoms with Crippen molar-refractivity contribution in [2.75, 3.05) is 7.11 Å². The second-order valence-electron chi connectivity index (χ2n) is 7.09. The molecule has 7 nitrogen and oxygen atoms in total. The average Bonchev–Trinajstić information content (AvgIpc) is 3.16. The fourth-order valence-electron chi connectivity index (χ4n) is 3.04. The highest BCUT2D eigenvalue weighted by Gasteiger charge is 2.25. The fourth-order valence-corrected chi connectivity index (χ4v) is 4.30. The van der Waals surface area contributed by atoms with E-state index in [1.807, 2.05) is 13.0 Å². The summed E-state index contributed by atoms with van der Waals surface area (Å²) in [6, 6.07) is 18.1. The molecule has 0 atom stereocenters. The summed E-state index contributed by atoms with van der Waals surface area (Å²) in [6.45, 7) is 1.84. The number of ether oxygens (including phenoxy) is 2. The predicted molar refractivity (Wildman–Crippen MR) is 124 cm³/mol. The Morgan fingerprint density at radius 2 is 1.73 bits per heavy atom. The molecular formula is C24H18ClNO6S. The number of cyclic esters (lactones) is 1. The van der Waals surface area contributed by atoms with Crippen LogP contribution in [0.3, 0.4) is 0 Å². The summed E-state index contributed by atoms with van der Waals surface area (Å²) in [4.78, 5) is 16.5. The van der Waals surface area contributed by atoms with E-state index in [9.17, 15) is 13.2 Å². The van der Waals surface area contributed by atoms with E-state index in [0.717, 1.165) is 5.56 Å². The number of hydrogen-bond donors (Lipinski definition) is 0. The highest BCUT2D eigenvalue weighted by molar-refractivity contribution is 7.87. The average molecular weight is 484 g/mol. The zero-order valence-corrected chi connectivity index (χ0v) is 19.2. The monoisotopic (exact) mass is 483 g/mol. The minimum absolute atomic E-state index is 0.0180. The third-order valence-corrected chi connectivity index (χ3v) is 6.22. The van der Waals surface area contributed by atoms with Crippen LogP contribution in [0.4, 0.5) is 0 Å². The van der Waals surface area contributed by atoms with Gasteiger partial charge in [0, 0.05) is 5.56 Å². The number of rotatable bonds is 6. The molecule has 0 spiro atoms. The normalized spacial score (nSPS) is 14.7. The minimum atomic E-state index is -4.14. The number of aliphatic imine (C=N–C) groups is 1. The zero-order chi connectivity index (χ0) is 23.6. The molecule has 0 unspecified atom stereocenters. The predicted octanol–water partition coefficient (Wildman–Crippen LogP) is 4.77. The largest absolute Gasteiger partial charge is 0.493 e. The highest BCUT2D eigenvalue weighted by Crippen LogP contribution is 2.39. The quantitative estimate of drug-likeness (QED) is 0.285. The Bertz CT molecular complexity index is 1380. The first-order chi connectivity index (χ1) is 15.8. The maximum Gasteiger partial charge on any atom is 0.363 e. The van der Waals surface area contributed by atoms with Crippen molar-refractivity contribution in [2.24, 2.45) is 4.99 Å². The van der Waals surface area contributed by atoms with Gasteiger partial charge in [-0.25, -0.2) is 9.79 Å². The molecule has 0 aliphatic carbocycles. The number of methoxy groups -OCH3 is 1. The van der Waals surface area contributed by atoms with E-state index < -0.39 is 16.1 Å². The lowest BCUT2D eigenvalue weighted by Crippen LogP contribution is -2.11. The van der Waals surface area contributed by atoms with E-state index in [1.165, 1.54) is 37.5 Å². The van der Waals surface area contributed by atoms with Crippen LogP contribution in [0.1, 0.15) is 16.7 Å². The van der Waals surface area contributed by atoms with Gasteiger partial charge in [-0.2, -0.15) is 8.42 Å². The molecule has 0 N–H and O–H groups in total. The summed E-state index contributed by atoms with van der Waals surface area (Å²) in [5.74, 6) is -0.520. The molecule has 0 fully saturated rings. The summed E-state index contributed by atoms with van der Waals surface area (Å²) in [5.41, 5.74) is 2.08. The van der Waals surface area contributed by atoms with Crippen LogP contribution < -0.4 is 8.92 Å². The molecule has 33 heavy (non-hydrogen) atoms.